The lowest BCUT2D eigenvalue weighted by atomic mass is 9.84. The van der Waals surface area contributed by atoms with Gasteiger partial charge in [-0.2, -0.15) is 0 Å². The standard InChI is InChI=1S/C11H18O2/c1-2-10(12)8-11(13)9-6-4-3-5-7-9/h2,9-10,12H,1,3-8H2. The first-order valence-corrected chi connectivity index (χ1v) is 5.07. The molecule has 1 aliphatic rings. The Balaban J connectivity index is 2.32. The van der Waals surface area contributed by atoms with Crippen molar-refractivity contribution in [2.45, 2.75) is 44.6 Å². The summed E-state index contributed by atoms with van der Waals surface area (Å²) in [7, 11) is 0. The third-order valence-electron chi connectivity index (χ3n) is 2.74. The van der Waals surface area contributed by atoms with Crippen molar-refractivity contribution in [3.8, 4) is 0 Å². The molecule has 2 nitrogen and oxygen atoms in total. The number of hydrogen-bond donors (Lipinski definition) is 1. The highest BCUT2D eigenvalue weighted by Gasteiger charge is 2.21. The van der Waals surface area contributed by atoms with E-state index in [2.05, 4.69) is 6.58 Å². The number of aliphatic hydroxyl groups excluding tert-OH is 1. The lowest BCUT2D eigenvalue weighted by molar-refractivity contribution is -0.125. The highest BCUT2D eigenvalue weighted by Crippen LogP contribution is 2.25. The molecular weight excluding hydrogens is 164 g/mol. The van der Waals surface area contributed by atoms with Crippen LogP contribution in [0.4, 0.5) is 0 Å². The van der Waals surface area contributed by atoms with Crippen LogP contribution < -0.4 is 0 Å². The molecule has 1 fully saturated rings. The Kier molecular flexibility index (Phi) is 4.16. The summed E-state index contributed by atoms with van der Waals surface area (Å²) in [5.74, 6) is 0.426. The predicted octanol–water partition coefficient (Wildman–Crippen LogP) is 2.07. The molecule has 0 aromatic heterocycles. The Bertz CT molecular complexity index is 181. The van der Waals surface area contributed by atoms with Gasteiger partial charge in [-0.15, -0.1) is 6.58 Å². The summed E-state index contributed by atoms with van der Waals surface area (Å²) in [4.78, 5) is 11.6. The minimum absolute atomic E-state index is 0.211. The maximum atomic E-state index is 11.6. The minimum atomic E-state index is -0.644. The van der Waals surface area contributed by atoms with Crippen molar-refractivity contribution in [2.24, 2.45) is 5.92 Å². The maximum absolute atomic E-state index is 11.6. The summed E-state index contributed by atoms with van der Waals surface area (Å²) in [6.45, 7) is 3.46. The van der Waals surface area contributed by atoms with Crippen molar-refractivity contribution in [3.05, 3.63) is 12.7 Å². The van der Waals surface area contributed by atoms with Gasteiger partial charge in [0.25, 0.3) is 0 Å². The van der Waals surface area contributed by atoms with Crippen molar-refractivity contribution < 1.29 is 9.90 Å². The number of ketones is 1. The second-order valence-electron chi connectivity index (χ2n) is 3.81. The van der Waals surface area contributed by atoms with Crippen molar-refractivity contribution >= 4 is 5.78 Å². The molecule has 0 saturated heterocycles. The highest BCUT2D eigenvalue weighted by molar-refractivity contribution is 5.81. The summed E-state index contributed by atoms with van der Waals surface area (Å²) < 4.78 is 0. The van der Waals surface area contributed by atoms with Crippen LogP contribution >= 0.6 is 0 Å². The van der Waals surface area contributed by atoms with Gasteiger partial charge in [0, 0.05) is 12.3 Å². The third kappa shape index (κ3) is 3.31. The topological polar surface area (TPSA) is 37.3 Å². The molecule has 1 aliphatic carbocycles. The predicted molar refractivity (Wildman–Crippen MR) is 52.4 cm³/mol. The van der Waals surface area contributed by atoms with E-state index in [0.29, 0.717) is 0 Å². The van der Waals surface area contributed by atoms with Crippen molar-refractivity contribution in [3.63, 3.8) is 0 Å². The molecule has 1 unspecified atom stereocenters. The van der Waals surface area contributed by atoms with Crippen molar-refractivity contribution in [1.82, 2.24) is 0 Å². The summed E-state index contributed by atoms with van der Waals surface area (Å²) in [6.07, 6.45) is 6.67. The van der Waals surface area contributed by atoms with Crippen molar-refractivity contribution in [1.29, 1.82) is 0 Å². The van der Waals surface area contributed by atoms with E-state index in [1.807, 2.05) is 0 Å². The second kappa shape index (κ2) is 5.18. The molecule has 0 aromatic carbocycles. The van der Waals surface area contributed by atoms with Gasteiger partial charge < -0.3 is 5.11 Å². The first kappa shape index (κ1) is 10.5. The van der Waals surface area contributed by atoms with Crippen LogP contribution in [0.1, 0.15) is 38.5 Å². The molecular formula is C11H18O2. The average molecular weight is 182 g/mol. The van der Waals surface area contributed by atoms with Crippen LogP contribution in [-0.2, 0) is 4.79 Å². The van der Waals surface area contributed by atoms with Gasteiger partial charge in [0.1, 0.15) is 5.78 Å². The van der Waals surface area contributed by atoms with Gasteiger partial charge >= 0.3 is 0 Å². The van der Waals surface area contributed by atoms with Crippen LogP contribution in [0.3, 0.4) is 0 Å². The normalized spacial score (nSPS) is 21.0. The average Bonchev–Trinajstić information content (AvgIpc) is 2.19. The summed E-state index contributed by atoms with van der Waals surface area (Å²) in [6, 6.07) is 0. The number of aliphatic hydroxyl groups is 1. The smallest absolute Gasteiger partial charge is 0.138 e. The molecule has 0 aromatic rings. The molecule has 74 valence electrons. The SMILES string of the molecule is C=CC(O)CC(=O)C1CCCCC1. The maximum Gasteiger partial charge on any atom is 0.138 e. The Morgan fingerprint density at radius 1 is 1.46 bits per heavy atom. The zero-order valence-corrected chi connectivity index (χ0v) is 8.04. The molecule has 0 bridgehead atoms. The van der Waals surface area contributed by atoms with E-state index in [-0.39, 0.29) is 18.1 Å². The Hall–Kier alpha value is -0.630. The van der Waals surface area contributed by atoms with Crippen LogP contribution in [0.25, 0.3) is 0 Å². The number of hydrogen-bond acceptors (Lipinski definition) is 2. The summed E-state index contributed by atoms with van der Waals surface area (Å²) >= 11 is 0. The van der Waals surface area contributed by atoms with E-state index in [4.69, 9.17) is 0 Å². The van der Waals surface area contributed by atoms with Gasteiger partial charge in [0.2, 0.25) is 0 Å². The van der Waals surface area contributed by atoms with Crippen LogP contribution in [0.2, 0.25) is 0 Å². The van der Waals surface area contributed by atoms with Gasteiger partial charge in [-0.05, 0) is 12.8 Å². The summed E-state index contributed by atoms with van der Waals surface area (Å²) in [5.41, 5.74) is 0. The van der Waals surface area contributed by atoms with Crippen LogP contribution in [0, 0.1) is 5.92 Å². The Labute approximate surface area is 79.6 Å². The number of rotatable bonds is 4. The second-order valence-corrected chi connectivity index (χ2v) is 3.81. The number of carbonyl (C=O) groups excluding carboxylic acids is 1. The van der Waals surface area contributed by atoms with Crippen LogP contribution in [-0.4, -0.2) is 17.0 Å². The Morgan fingerprint density at radius 3 is 2.62 bits per heavy atom. The van der Waals surface area contributed by atoms with E-state index < -0.39 is 6.10 Å². The molecule has 0 heterocycles. The van der Waals surface area contributed by atoms with Gasteiger partial charge in [-0.25, -0.2) is 0 Å². The molecule has 1 rings (SSSR count). The molecule has 0 aliphatic heterocycles. The fourth-order valence-electron chi connectivity index (χ4n) is 1.88. The Morgan fingerprint density at radius 2 is 2.08 bits per heavy atom. The number of carbonyl (C=O) groups is 1. The third-order valence-corrected chi connectivity index (χ3v) is 2.74. The van der Waals surface area contributed by atoms with E-state index in [0.717, 1.165) is 12.8 Å². The van der Waals surface area contributed by atoms with Gasteiger partial charge in [-0.1, -0.05) is 25.3 Å². The lowest BCUT2D eigenvalue weighted by Crippen LogP contribution is -2.21. The monoisotopic (exact) mass is 182 g/mol. The molecule has 1 N–H and O–H groups in total. The molecule has 0 amide bonds. The molecule has 1 atom stereocenters. The molecule has 2 heteroatoms. The van der Waals surface area contributed by atoms with Crippen LogP contribution in [0.5, 0.6) is 0 Å². The minimum Gasteiger partial charge on any atom is -0.389 e. The van der Waals surface area contributed by atoms with E-state index >= 15 is 0 Å². The van der Waals surface area contributed by atoms with Crippen LogP contribution in [0.15, 0.2) is 12.7 Å². The largest absolute Gasteiger partial charge is 0.389 e. The van der Waals surface area contributed by atoms with E-state index in [9.17, 15) is 9.90 Å². The van der Waals surface area contributed by atoms with Gasteiger partial charge in [0.15, 0.2) is 0 Å². The lowest BCUT2D eigenvalue weighted by Gasteiger charge is -2.20. The van der Waals surface area contributed by atoms with E-state index in [1.165, 1.54) is 25.3 Å². The van der Waals surface area contributed by atoms with Crippen molar-refractivity contribution in [2.75, 3.05) is 0 Å². The molecule has 1 saturated carbocycles. The molecule has 0 radical (unpaired) electrons. The first-order valence-electron chi connectivity index (χ1n) is 5.07. The quantitative estimate of drug-likeness (QED) is 0.676. The highest BCUT2D eigenvalue weighted by atomic mass is 16.3. The zero-order valence-electron chi connectivity index (χ0n) is 8.04. The molecule has 0 spiro atoms. The van der Waals surface area contributed by atoms with Gasteiger partial charge in [0.05, 0.1) is 6.10 Å². The fourth-order valence-corrected chi connectivity index (χ4v) is 1.88. The van der Waals surface area contributed by atoms with E-state index in [1.54, 1.807) is 0 Å². The zero-order chi connectivity index (χ0) is 9.68. The first-order chi connectivity index (χ1) is 6.24. The molecule has 13 heavy (non-hydrogen) atoms. The van der Waals surface area contributed by atoms with Gasteiger partial charge in [-0.3, -0.25) is 4.79 Å². The number of Topliss-reactive ketones (excluding diaryl/α,β-unsaturated/α-hetero) is 1. The summed E-state index contributed by atoms with van der Waals surface area (Å²) in [5, 5.41) is 9.22. The fraction of sp³-hybridized carbons (Fsp3) is 0.727.